The normalized spacial score (nSPS) is 22.9. The van der Waals surface area contributed by atoms with Gasteiger partial charge in [-0.1, -0.05) is 139 Å². The van der Waals surface area contributed by atoms with Crippen molar-refractivity contribution in [1.29, 1.82) is 0 Å². The summed E-state index contributed by atoms with van der Waals surface area (Å²) >= 11 is 0. The second kappa shape index (κ2) is 11.6. The molecule has 3 unspecified atom stereocenters. The number of nitrogens with zero attached hydrogens (tertiary/aromatic N) is 2. The lowest BCUT2D eigenvalue weighted by Gasteiger charge is -2.54. The number of fused-ring (bicyclic) bond motifs is 9. The lowest BCUT2D eigenvalue weighted by atomic mass is 9.34. The average Bonchev–Trinajstić information content (AvgIpc) is 3.51. The highest BCUT2D eigenvalue weighted by Crippen LogP contribution is 2.61. The SMILES string of the molecule is Cc1cc2c3c(c1)N1c4ccc(C(C)(C)C)cc4C4(C)CCC(C)(C)c5ccc(c1c54)B3c1oc3ccc(C(C)(C)C)cc3c1N2C1=CC=C(C(C)(C)C)C(C)C1C. The van der Waals surface area contributed by atoms with E-state index in [2.05, 4.69) is 186 Å². The molecule has 0 fully saturated rings. The Morgan fingerprint density at radius 3 is 1.98 bits per heavy atom. The summed E-state index contributed by atoms with van der Waals surface area (Å²) in [6, 6.07) is 24.4. The molecule has 0 radical (unpaired) electrons. The van der Waals surface area contributed by atoms with Crippen molar-refractivity contribution in [3.05, 3.63) is 117 Å². The Hall–Kier alpha value is -4.44. The maximum Gasteiger partial charge on any atom is 0.297 e. The topological polar surface area (TPSA) is 19.6 Å². The lowest BCUT2D eigenvalue weighted by Crippen LogP contribution is -2.63. The van der Waals surface area contributed by atoms with Crippen LogP contribution in [0.2, 0.25) is 0 Å². The van der Waals surface area contributed by atoms with Crippen molar-refractivity contribution in [3.8, 4) is 0 Å². The van der Waals surface area contributed by atoms with E-state index in [-0.39, 0.29) is 33.8 Å². The van der Waals surface area contributed by atoms with E-state index in [0.717, 1.165) is 24.1 Å². The summed E-state index contributed by atoms with van der Waals surface area (Å²) in [7, 11) is 0. The van der Waals surface area contributed by atoms with Gasteiger partial charge in [0, 0.05) is 39.5 Å². The van der Waals surface area contributed by atoms with Crippen LogP contribution in [0.4, 0.5) is 28.4 Å². The number of hydrogen-bond donors (Lipinski definition) is 0. The van der Waals surface area contributed by atoms with Crippen molar-refractivity contribution in [3.63, 3.8) is 0 Å². The van der Waals surface area contributed by atoms with Gasteiger partial charge in [0.05, 0.1) is 17.0 Å². The predicted molar refractivity (Wildman–Crippen MR) is 249 cm³/mol. The summed E-state index contributed by atoms with van der Waals surface area (Å²) in [6.07, 6.45) is 7.17. The monoisotopic (exact) mass is 767 g/mol. The largest absolute Gasteiger partial charge is 0.468 e. The van der Waals surface area contributed by atoms with E-state index in [1.54, 1.807) is 0 Å². The van der Waals surface area contributed by atoms with Crippen LogP contribution in [0.3, 0.4) is 0 Å². The van der Waals surface area contributed by atoms with Gasteiger partial charge in [0.2, 0.25) is 0 Å². The molecule has 4 heterocycles. The van der Waals surface area contributed by atoms with Crippen LogP contribution in [0.5, 0.6) is 0 Å². The van der Waals surface area contributed by atoms with Crippen LogP contribution < -0.4 is 26.4 Å². The van der Waals surface area contributed by atoms with Crippen molar-refractivity contribution in [2.45, 2.75) is 138 Å². The van der Waals surface area contributed by atoms with Crippen LogP contribution in [0.25, 0.3) is 11.0 Å². The Morgan fingerprint density at radius 1 is 0.655 bits per heavy atom. The molecular weight excluding hydrogens is 703 g/mol. The Kier molecular flexibility index (Phi) is 7.59. The van der Waals surface area contributed by atoms with Crippen LogP contribution in [0, 0.1) is 24.2 Å². The number of rotatable bonds is 1. The summed E-state index contributed by atoms with van der Waals surface area (Å²) < 4.78 is 7.36. The first-order valence-corrected chi connectivity index (χ1v) is 22.1. The molecule has 3 atom stereocenters. The van der Waals surface area contributed by atoms with Gasteiger partial charge in [-0.2, -0.15) is 0 Å². The van der Waals surface area contributed by atoms with Gasteiger partial charge in [-0.05, 0) is 128 Å². The van der Waals surface area contributed by atoms with Crippen LogP contribution >= 0.6 is 0 Å². The van der Waals surface area contributed by atoms with E-state index >= 15 is 0 Å². The molecule has 3 nitrogen and oxygen atoms in total. The molecule has 0 spiro atoms. The molecule has 10 rings (SSSR count). The van der Waals surface area contributed by atoms with E-state index in [1.807, 2.05) is 0 Å². The molecule has 0 saturated heterocycles. The first kappa shape index (κ1) is 37.8. The molecule has 4 heteroatoms. The van der Waals surface area contributed by atoms with Gasteiger partial charge in [-0.25, -0.2) is 0 Å². The van der Waals surface area contributed by atoms with Crippen LogP contribution in [0.1, 0.15) is 143 Å². The zero-order chi connectivity index (χ0) is 41.4. The van der Waals surface area contributed by atoms with E-state index < -0.39 is 0 Å². The summed E-state index contributed by atoms with van der Waals surface area (Å²) in [5, 5.41) is 1.21. The van der Waals surface area contributed by atoms with Gasteiger partial charge in [-0.15, -0.1) is 0 Å². The van der Waals surface area contributed by atoms with Crippen LogP contribution in [0.15, 0.2) is 88.5 Å². The van der Waals surface area contributed by atoms with Gasteiger partial charge in [0.25, 0.3) is 6.71 Å². The summed E-state index contributed by atoms with van der Waals surface area (Å²) in [5.41, 5.74) is 22.8. The van der Waals surface area contributed by atoms with Crippen LogP contribution in [-0.2, 0) is 21.7 Å². The first-order chi connectivity index (χ1) is 27.0. The molecule has 298 valence electrons. The number of furan rings is 1. The maximum absolute atomic E-state index is 7.36. The van der Waals surface area contributed by atoms with Crippen LogP contribution in [-0.4, -0.2) is 6.71 Å². The molecule has 58 heavy (non-hydrogen) atoms. The van der Waals surface area contributed by atoms with Gasteiger partial charge in [0.15, 0.2) is 0 Å². The Morgan fingerprint density at radius 2 is 1.31 bits per heavy atom. The zero-order valence-corrected chi connectivity index (χ0v) is 37.9. The highest BCUT2D eigenvalue weighted by Gasteiger charge is 2.55. The molecule has 0 bridgehead atoms. The predicted octanol–water partition coefficient (Wildman–Crippen LogP) is 12.9. The van der Waals surface area contributed by atoms with E-state index in [0.29, 0.717) is 11.8 Å². The fourth-order valence-corrected chi connectivity index (χ4v) is 11.8. The fourth-order valence-electron chi connectivity index (χ4n) is 11.8. The number of benzene rings is 4. The van der Waals surface area contributed by atoms with Gasteiger partial charge in [0.1, 0.15) is 5.58 Å². The molecule has 0 saturated carbocycles. The Bertz CT molecular complexity index is 2680. The third-order valence-corrected chi connectivity index (χ3v) is 15.3. The molecule has 1 aromatic heterocycles. The highest BCUT2D eigenvalue weighted by molar-refractivity contribution is 7.00. The van der Waals surface area contributed by atoms with Crippen molar-refractivity contribution < 1.29 is 4.42 Å². The summed E-state index contributed by atoms with van der Waals surface area (Å²) in [6.45, 7) is 35.8. The molecule has 5 aliphatic rings. The lowest BCUT2D eigenvalue weighted by molar-refractivity contribution is 0.348. The molecule has 0 N–H and O–H groups in total. The molecule has 4 aromatic carbocycles. The zero-order valence-electron chi connectivity index (χ0n) is 37.9. The van der Waals surface area contributed by atoms with E-state index in [9.17, 15) is 0 Å². The molecule has 2 aliphatic carbocycles. The number of allylic oxidation sites excluding steroid dienone is 4. The smallest absolute Gasteiger partial charge is 0.297 e. The minimum Gasteiger partial charge on any atom is -0.468 e. The summed E-state index contributed by atoms with van der Waals surface area (Å²) in [5.74, 6) is 0.692. The molecule has 0 amide bonds. The Balaban J connectivity index is 1.34. The van der Waals surface area contributed by atoms with Gasteiger partial charge in [-0.3, -0.25) is 0 Å². The highest BCUT2D eigenvalue weighted by atomic mass is 16.3. The van der Waals surface area contributed by atoms with Gasteiger partial charge >= 0.3 is 0 Å². The standard InChI is InChI=1S/C54H63BN2O/c1-30-26-42-46-43(27-30)57-41-21-16-34(51(7,8)9)29-38(41)54(15)25-24-53(13,14)37-18-20-39(48(57)45(37)54)55(46)49-47(35-28-33(50(4,5)6)17-23-44(35)58-49)56(42)40-22-19-36(52(10,11)12)31(2)32(40)3/h16-23,26-29,31-32H,24-25H2,1-15H3. The Labute approximate surface area is 348 Å². The number of aryl methyl sites for hydroxylation is 1. The quantitative estimate of drug-likeness (QED) is 0.155. The minimum absolute atomic E-state index is 0.00127. The number of anilines is 5. The third kappa shape index (κ3) is 4.99. The third-order valence-electron chi connectivity index (χ3n) is 15.3. The van der Waals surface area contributed by atoms with Crippen molar-refractivity contribution in [2.24, 2.45) is 17.3 Å². The second-order valence-corrected chi connectivity index (χ2v) is 22.8. The van der Waals surface area contributed by atoms with E-state index in [4.69, 9.17) is 4.42 Å². The first-order valence-electron chi connectivity index (χ1n) is 22.1. The van der Waals surface area contributed by atoms with Gasteiger partial charge < -0.3 is 14.2 Å². The molecule has 3 aliphatic heterocycles. The second-order valence-electron chi connectivity index (χ2n) is 22.8. The summed E-state index contributed by atoms with van der Waals surface area (Å²) in [4.78, 5) is 5.35. The molecule has 5 aromatic rings. The fraction of sp³-hybridized carbons (Fsp3) is 0.444. The maximum atomic E-state index is 7.36. The van der Waals surface area contributed by atoms with Crippen molar-refractivity contribution in [2.75, 3.05) is 9.80 Å². The average molecular weight is 767 g/mol. The molecular formula is C54H63BN2O. The number of hydrogen-bond acceptors (Lipinski definition) is 3. The minimum atomic E-state index is -0.109. The van der Waals surface area contributed by atoms with Crippen molar-refractivity contribution in [1.82, 2.24) is 0 Å². The van der Waals surface area contributed by atoms with Crippen molar-refractivity contribution >= 4 is 62.7 Å². The van der Waals surface area contributed by atoms with E-state index in [1.165, 1.54) is 89.4 Å².